The van der Waals surface area contributed by atoms with Gasteiger partial charge in [-0.3, -0.25) is 4.79 Å². The molecule has 0 aliphatic carbocycles. The van der Waals surface area contributed by atoms with Crippen molar-refractivity contribution in [1.82, 2.24) is 4.31 Å². The molecule has 1 unspecified atom stereocenters. The molecule has 1 aliphatic rings. The Morgan fingerprint density at radius 3 is 2.58 bits per heavy atom. The van der Waals surface area contributed by atoms with E-state index in [1.807, 2.05) is 55.5 Å². The lowest BCUT2D eigenvalue weighted by Crippen LogP contribution is -2.44. The summed E-state index contributed by atoms with van der Waals surface area (Å²) >= 11 is 3.45. The quantitative estimate of drug-likeness (QED) is 0.722. The first-order chi connectivity index (χ1) is 12.3. The van der Waals surface area contributed by atoms with Crippen LogP contribution in [0.3, 0.4) is 0 Å². The number of carbonyl (C=O) groups excluding carboxylic acids is 1. The summed E-state index contributed by atoms with van der Waals surface area (Å²) in [6.45, 7) is 1.99. The van der Waals surface area contributed by atoms with Crippen LogP contribution < -0.4 is 4.90 Å². The van der Waals surface area contributed by atoms with Gasteiger partial charge in [0.2, 0.25) is 15.9 Å². The minimum atomic E-state index is -3.51. The minimum Gasteiger partial charge on any atom is -0.308 e. The van der Waals surface area contributed by atoms with Crippen molar-refractivity contribution in [3.05, 3.63) is 64.1 Å². The maximum absolute atomic E-state index is 13.0. The lowest BCUT2D eigenvalue weighted by molar-refractivity contribution is -0.119. The fourth-order valence-electron chi connectivity index (χ4n) is 3.28. The van der Waals surface area contributed by atoms with E-state index >= 15 is 0 Å². The van der Waals surface area contributed by atoms with Gasteiger partial charge in [0.15, 0.2) is 0 Å². The fourth-order valence-corrected chi connectivity index (χ4v) is 4.42. The average molecular weight is 437 g/mol. The molecule has 0 radical (unpaired) electrons. The molecule has 2 aromatic carbocycles. The molecule has 1 heterocycles. The zero-order chi connectivity index (χ0) is 18.9. The number of halogens is 1. The monoisotopic (exact) mass is 436 g/mol. The number of anilines is 1. The SMILES string of the molecule is CC1Cc2cc(Br)ccc2N1C(=O)CN(Cc1ccccc1)S(C)(=O)=O. The van der Waals surface area contributed by atoms with Crippen LogP contribution in [0.5, 0.6) is 0 Å². The number of hydrogen-bond acceptors (Lipinski definition) is 3. The molecule has 1 aliphatic heterocycles. The topological polar surface area (TPSA) is 57.7 Å². The lowest BCUT2D eigenvalue weighted by Gasteiger charge is -2.26. The Morgan fingerprint density at radius 1 is 1.23 bits per heavy atom. The molecule has 7 heteroatoms. The van der Waals surface area contributed by atoms with Crippen LogP contribution in [-0.4, -0.2) is 37.5 Å². The summed E-state index contributed by atoms with van der Waals surface area (Å²) in [4.78, 5) is 14.7. The molecule has 0 spiro atoms. The van der Waals surface area contributed by atoms with Crippen molar-refractivity contribution in [1.29, 1.82) is 0 Å². The van der Waals surface area contributed by atoms with Crippen LogP contribution in [0.1, 0.15) is 18.1 Å². The fraction of sp³-hybridized carbons (Fsp3) is 0.316. The molecular weight excluding hydrogens is 416 g/mol. The van der Waals surface area contributed by atoms with E-state index in [0.29, 0.717) is 0 Å². The summed E-state index contributed by atoms with van der Waals surface area (Å²) in [5.41, 5.74) is 2.80. The first-order valence-corrected chi connectivity index (χ1v) is 11.0. The van der Waals surface area contributed by atoms with Crippen molar-refractivity contribution in [3.8, 4) is 0 Å². The molecule has 0 fully saturated rings. The van der Waals surface area contributed by atoms with Gasteiger partial charge in [0.1, 0.15) is 0 Å². The Hall–Kier alpha value is -1.70. The van der Waals surface area contributed by atoms with Crippen LogP contribution in [0.2, 0.25) is 0 Å². The largest absolute Gasteiger partial charge is 0.308 e. The molecule has 3 rings (SSSR count). The zero-order valence-corrected chi connectivity index (χ0v) is 17.1. The number of fused-ring (bicyclic) bond motifs is 1. The molecule has 1 amide bonds. The summed E-state index contributed by atoms with van der Waals surface area (Å²) in [5, 5.41) is 0. The third-order valence-corrected chi connectivity index (χ3v) is 6.20. The van der Waals surface area contributed by atoms with Crippen molar-refractivity contribution < 1.29 is 13.2 Å². The maximum Gasteiger partial charge on any atom is 0.242 e. The van der Waals surface area contributed by atoms with Crippen molar-refractivity contribution in [2.45, 2.75) is 25.9 Å². The first kappa shape index (κ1) is 19.1. The van der Waals surface area contributed by atoms with E-state index in [2.05, 4.69) is 15.9 Å². The lowest BCUT2D eigenvalue weighted by atomic mass is 10.1. The number of carbonyl (C=O) groups is 1. The van der Waals surface area contributed by atoms with Gasteiger partial charge in [-0.2, -0.15) is 4.31 Å². The second-order valence-electron chi connectivity index (χ2n) is 6.61. The summed E-state index contributed by atoms with van der Waals surface area (Å²) in [7, 11) is -3.51. The van der Waals surface area contributed by atoms with Gasteiger partial charge < -0.3 is 4.90 Å². The number of sulfonamides is 1. The van der Waals surface area contributed by atoms with E-state index in [-0.39, 0.29) is 25.0 Å². The summed E-state index contributed by atoms with van der Waals surface area (Å²) < 4.78 is 26.6. The smallest absolute Gasteiger partial charge is 0.242 e. The average Bonchev–Trinajstić information content (AvgIpc) is 2.89. The van der Waals surface area contributed by atoms with E-state index in [4.69, 9.17) is 0 Å². The number of hydrogen-bond donors (Lipinski definition) is 0. The predicted molar refractivity (Wildman–Crippen MR) is 106 cm³/mol. The third kappa shape index (κ3) is 4.16. The van der Waals surface area contributed by atoms with Gasteiger partial charge in [0.25, 0.3) is 0 Å². The van der Waals surface area contributed by atoms with Gasteiger partial charge in [-0.25, -0.2) is 8.42 Å². The van der Waals surface area contributed by atoms with Crippen LogP contribution in [-0.2, 0) is 27.8 Å². The number of nitrogens with zero attached hydrogens (tertiary/aromatic N) is 2. The van der Waals surface area contributed by atoms with E-state index < -0.39 is 10.0 Å². The second kappa shape index (κ2) is 7.50. The van der Waals surface area contributed by atoms with Crippen LogP contribution in [0.4, 0.5) is 5.69 Å². The van der Waals surface area contributed by atoms with Gasteiger partial charge >= 0.3 is 0 Å². The van der Waals surface area contributed by atoms with Crippen molar-refractivity contribution in [3.63, 3.8) is 0 Å². The van der Waals surface area contributed by atoms with Crippen LogP contribution in [0, 0.1) is 0 Å². The molecule has 138 valence electrons. The highest BCUT2D eigenvalue weighted by Crippen LogP contribution is 2.34. The summed E-state index contributed by atoms with van der Waals surface area (Å²) in [6.07, 6.45) is 1.90. The van der Waals surface area contributed by atoms with E-state index in [1.54, 1.807) is 4.90 Å². The molecular formula is C19H21BrN2O3S. The van der Waals surface area contributed by atoms with Crippen LogP contribution in [0.25, 0.3) is 0 Å². The molecule has 26 heavy (non-hydrogen) atoms. The Kier molecular flexibility index (Phi) is 5.50. The second-order valence-corrected chi connectivity index (χ2v) is 9.50. The van der Waals surface area contributed by atoms with Crippen molar-refractivity contribution in [2.24, 2.45) is 0 Å². The van der Waals surface area contributed by atoms with Crippen molar-refractivity contribution in [2.75, 3.05) is 17.7 Å². The van der Waals surface area contributed by atoms with Crippen LogP contribution >= 0.6 is 15.9 Å². The number of rotatable bonds is 5. The van der Waals surface area contributed by atoms with Gasteiger partial charge in [-0.15, -0.1) is 0 Å². The van der Waals surface area contributed by atoms with Gasteiger partial charge in [-0.05, 0) is 42.7 Å². The minimum absolute atomic E-state index is 0.00457. The summed E-state index contributed by atoms with van der Waals surface area (Å²) in [5.74, 6) is -0.208. The Bertz CT molecular complexity index is 916. The highest BCUT2D eigenvalue weighted by molar-refractivity contribution is 9.10. The van der Waals surface area contributed by atoms with Gasteiger partial charge in [0.05, 0.1) is 12.8 Å². The zero-order valence-electron chi connectivity index (χ0n) is 14.7. The summed E-state index contributed by atoms with van der Waals surface area (Å²) in [6, 6.07) is 15.1. The Labute approximate surface area is 162 Å². The Morgan fingerprint density at radius 2 is 1.92 bits per heavy atom. The molecule has 5 nitrogen and oxygen atoms in total. The normalized spacial score (nSPS) is 16.8. The highest BCUT2D eigenvalue weighted by atomic mass is 79.9. The van der Waals surface area contributed by atoms with Gasteiger partial charge in [0, 0.05) is 22.7 Å². The van der Waals surface area contributed by atoms with E-state index in [1.165, 1.54) is 4.31 Å². The molecule has 0 saturated heterocycles. The van der Waals surface area contributed by atoms with Crippen molar-refractivity contribution >= 4 is 37.5 Å². The standard InChI is InChI=1S/C19H21BrN2O3S/c1-14-10-16-11-17(20)8-9-18(16)22(14)19(23)13-21(26(2,24)25)12-15-6-4-3-5-7-15/h3-9,11,14H,10,12-13H2,1-2H3. The number of amides is 1. The Balaban J connectivity index is 1.83. The van der Waals surface area contributed by atoms with Gasteiger partial charge in [-0.1, -0.05) is 46.3 Å². The molecule has 0 bridgehead atoms. The third-order valence-electron chi connectivity index (χ3n) is 4.51. The molecule has 0 N–H and O–H groups in total. The maximum atomic E-state index is 13.0. The predicted octanol–water partition coefficient (Wildman–Crippen LogP) is 3.19. The first-order valence-electron chi connectivity index (χ1n) is 8.35. The molecule has 2 aromatic rings. The molecule has 1 atom stereocenters. The highest BCUT2D eigenvalue weighted by Gasteiger charge is 2.33. The van der Waals surface area contributed by atoms with E-state index in [9.17, 15) is 13.2 Å². The molecule has 0 saturated carbocycles. The van der Waals surface area contributed by atoms with E-state index in [0.717, 1.165) is 34.0 Å². The number of benzene rings is 2. The van der Waals surface area contributed by atoms with Crippen LogP contribution in [0.15, 0.2) is 53.0 Å². The molecule has 0 aromatic heterocycles.